The van der Waals surface area contributed by atoms with Crippen LogP contribution in [0.5, 0.6) is 5.75 Å². The summed E-state index contributed by atoms with van der Waals surface area (Å²) in [5.74, 6) is 1.79. The topological polar surface area (TPSA) is 56.3 Å². The summed E-state index contributed by atoms with van der Waals surface area (Å²) in [6, 6.07) is 10.5. The highest BCUT2D eigenvalue weighted by atomic mass is 16.5. The van der Waals surface area contributed by atoms with Crippen LogP contribution in [0.15, 0.2) is 36.7 Å². The lowest BCUT2D eigenvalue weighted by atomic mass is 9.74. The highest BCUT2D eigenvalue weighted by Gasteiger charge is 2.34. The molecule has 0 atom stereocenters. The van der Waals surface area contributed by atoms with Gasteiger partial charge in [0.1, 0.15) is 17.9 Å². The van der Waals surface area contributed by atoms with Crippen LogP contribution in [0.3, 0.4) is 0 Å². The van der Waals surface area contributed by atoms with Crippen LogP contribution >= 0.6 is 0 Å². The van der Waals surface area contributed by atoms with Gasteiger partial charge in [-0.15, -0.1) is 0 Å². The highest BCUT2D eigenvalue weighted by molar-refractivity contribution is 5.39. The Labute approximate surface area is 143 Å². The second kappa shape index (κ2) is 7.62. The van der Waals surface area contributed by atoms with Gasteiger partial charge in [-0.1, -0.05) is 12.1 Å². The van der Waals surface area contributed by atoms with Crippen LogP contribution < -0.4 is 10.1 Å². The first kappa shape index (κ1) is 16.7. The Balaban J connectivity index is 1.79. The molecule has 5 heteroatoms. The smallest absolute Gasteiger partial charge is 0.129 e. The summed E-state index contributed by atoms with van der Waals surface area (Å²) >= 11 is 0. The molecule has 128 valence electrons. The Bertz CT molecular complexity index is 652. The van der Waals surface area contributed by atoms with Crippen molar-refractivity contribution in [1.82, 2.24) is 9.97 Å². The molecule has 1 aliphatic rings. The third-order valence-electron chi connectivity index (χ3n) is 4.64. The Kier molecular flexibility index (Phi) is 5.30. The van der Waals surface area contributed by atoms with Crippen LogP contribution in [0.25, 0.3) is 0 Å². The van der Waals surface area contributed by atoms with E-state index in [1.54, 1.807) is 6.33 Å². The average Bonchev–Trinajstić information content (AvgIpc) is 2.62. The SMILES string of the molecule is CCOc1ccc(C2(CNc3cc(C)ncn3)CCOCC2)cc1. The summed E-state index contributed by atoms with van der Waals surface area (Å²) in [5, 5.41) is 3.50. The molecule has 0 bridgehead atoms. The predicted octanol–water partition coefficient (Wildman–Crippen LogP) is 3.34. The standard InChI is InChI=1S/C19H25N3O2/c1-3-24-17-6-4-16(5-7-17)19(8-10-23-11-9-19)13-20-18-12-15(2)21-14-22-18/h4-7,12,14H,3,8-11,13H2,1-2H3,(H,20,21,22). The first-order valence-corrected chi connectivity index (χ1v) is 8.55. The van der Waals surface area contributed by atoms with Gasteiger partial charge >= 0.3 is 0 Å². The van der Waals surface area contributed by atoms with Gasteiger partial charge in [0.25, 0.3) is 0 Å². The van der Waals surface area contributed by atoms with E-state index in [-0.39, 0.29) is 5.41 Å². The lowest BCUT2D eigenvalue weighted by molar-refractivity contribution is 0.0543. The Morgan fingerprint density at radius 3 is 2.58 bits per heavy atom. The van der Waals surface area contributed by atoms with Gasteiger partial charge < -0.3 is 14.8 Å². The first-order valence-electron chi connectivity index (χ1n) is 8.55. The molecule has 0 amide bonds. The van der Waals surface area contributed by atoms with Gasteiger partial charge in [-0.25, -0.2) is 9.97 Å². The minimum Gasteiger partial charge on any atom is -0.494 e. The molecule has 0 unspecified atom stereocenters. The van der Waals surface area contributed by atoms with E-state index in [0.29, 0.717) is 6.61 Å². The van der Waals surface area contributed by atoms with E-state index >= 15 is 0 Å². The monoisotopic (exact) mass is 327 g/mol. The molecule has 0 spiro atoms. The molecular formula is C19H25N3O2. The molecule has 0 radical (unpaired) electrons. The summed E-state index contributed by atoms with van der Waals surface area (Å²) in [6.45, 7) is 7.08. The quantitative estimate of drug-likeness (QED) is 0.882. The molecule has 1 N–H and O–H groups in total. The maximum Gasteiger partial charge on any atom is 0.129 e. The van der Waals surface area contributed by atoms with Gasteiger partial charge in [0.2, 0.25) is 0 Å². The molecule has 1 aromatic carbocycles. The van der Waals surface area contributed by atoms with Crippen molar-refractivity contribution in [3.8, 4) is 5.75 Å². The van der Waals surface area contributed by atoms with Gasteiger partial charge in [-0.2, -0.15) is 0 Å². The molecule has 3 rings (SSSR count). The molecule has 5 nitrogen and oxygen atoms in total. The maximum absolute atomic E-state index is 5.60. The zero-order valence-electron chi connectivity index (χ0n) is 14.4. The molecule has 0 aliphatic carbocycles. The zero-order valence-corrected chi connectivity index (χ0v) is 14.4. The lowest BCUT2D eigenvalue weighted by Crippen LogP contribution is -2.40. The number of anilines is 1. The number of nitrogens with one attached hydrogen (secondary N) is 1. The summed E-state index contributed by atoms with van der Waals surface area (Å²) < 4.78 is 11.2. The van der Waals surface area contributed by atoms with E-state index in [2.05, 4.69) is 39.6 Å². The number of benzene rings is 1. The first-order chi connectivity index (χ1) is 11.7. The van der Waals surface area contributed by atoms with Crippen molar-refractivity contribution in [3.05, 3.63) is 47.9 Å². The molecule has 24 heavy (non-hydrogen) atoms. The van der Waals surface area contributed by atoms with Crippen molar-refractivity contribution in [2.24, 2.45) is 0 Å². The summed E-state index contributed by atoms with van der Waals surface area (Å²) in [4.78, 5) is 8.47. The summed E-state index contributed by atoms with van der Waals surface area (Å²) in [6.07, 6.45) is 3.60. The van der Waals surface area contributed by atoms with Crippen molar-refractivity contribution in [1.29, 1.82) is 0 Å². The maximum atomic E-state index is 5.60. The molecular weight excluding hydrogens is 302 g/mol. The molecule has 1 fully saturated rings. The minimum atomic E-state index is 0.0574. The fourth-order valence-corrected chi connectivity index (χ4v) is 3.21. The van der Waals surface area contributed by atoms with Gasteiger partial charge in [-0.3, -0.25) is 0 Å². The van der Waals surface area contributed by atoms with Crippen LogP contribution in [0.1, 0.15) is 31.0 Å². The van der Waals surface area contributed by atoms with Crippen molar-refractivity contribution >= 4 is 5.82 Å². The second-order valence-electron chi connectivity index (χ2n) is 6.25. The number of hydrogen-bond donors (Lipinski definition) is 1. The second-order valence-corrected chi connectivity index (χ2v) is 6.25. The van der Waals surface area contributed by atoms with E-state index in [0.717, 1.165) is 49.9 Å². The molecule has 1 aliphatic heterocycles. The number of aromatic nitrogens is 2. The van der Waals surface area contributed by atoms with Gasteiger partial charge in [0, 0.05) is 36.9 Å². The van der Waals surface area contributed by atoms with Crippen molar-refractivity contribution in [2.75, 3.05) is 31.7 Å². The van der Waals surface area contributed by atoms with Gasteiger partial charge in [0.05, 0.1) is 6.61 Å². The van der Waals surface area contributed by atoms with Crippen LogP contribution in [-0.2, 0) is 10.2 Å². The third-order valence-corrected chi connectivity index (χ3v) is 4.64. The van der Waals surface area contributed by atoms with Crippen LogP contribution in [0.2, 0.25) is 0 Å². The van der Waals surface area contributed by atoms with E-state index < -0.39 is 0 Å². The Morgan fingerprint density at radius 2 is 1.92 bits per heavy atom. The fourth-order valence-electron chi connectivity index (χ4n) is 3.21. The largest absolute Gasteiger partial charge is 0.494 e. The van der Waals surface area contributed by atoms with Gasteiger partial charge in [0.15, 0.2) is 0 Å². The number of aryl methyl sites for hydroxylation is 1. The highest BCUT2D eigenvalue weighted by Crippen LogP contribution is 2.35. The molecule has 0 saturated carbocycles. The van der Waals surface area contributed by atoms with Crippen molar-refractivity contribution < 1.29 is 9.47 Å². The van der Waals surface area contributed by atoms with E-state index in [1.165, 1.54) is 5.56 Å². The van der Waals surface area contributed by atoms with Crippen LogP contribution in [-0.4, -0.2) is 36.3 Å². The molecule has 1 saturated heterocycles. The van der Waals surface area contributed by atoms with Crippen LogP contribution in [0.4, 0.5) is 5.82 Å². The number of hydrogen-bond acceptors (Lipinski definition) is 5. The molecule has 2 heterocycles. The number of ether oxygens (including phenoxy) is 2. The Hall–Kier alpha value is -2.14. The van der Waals surface area contributed by atoms with E-state index in [9.17, 15) is 0 Å². The lowest BCUT2D eigenvalue weighted by Gasteiger charge is -2.38. The molecule has 1 aromatic heterocycles. The van der Waals surface area contributed by atoms with E-state index in [4.69, 9.17) is 9.47 Å². The van der Waals surface area contributed by atoms with Crippen molar-refractivity contribution in [3.63, 3.8) is 0 Å². The normalized spacial score (nSPS) is 16.6. The van der Waals surface area contributed by atoms with Crippen LogP contribution in [0, 0.1) is 6.92 Å². The zero-order chi connectivity index (χ0) is 16.8. The summed E-state index contributed by atoms with van der Waals surface area (Å²) in [5.41, 5.74) is 2.35. The third kappa shape index (κ3) is 3.85. The Morgan fingerprint density at radius 1 is 1.17 bits per heavy atom. The summed E-state index contributed by atoms with van der Waals surface area (Å²) in [7, 11) is 0. The fraction of sp³-hybridized carbons (Fsp3) is 0.474. The van der Waals surface area contributed by atoms with E-state index in [1.807, 2.05) is 19.9 Å². The van der Waals surface area contributed by atoms with Crippen molar-refractivity contribution in [2.45, 2.75) is 32.1 Å². The number of rotatable bonds is 6. The predicted molar refractivity (Wildman–Crippen MR) is 94.6 cm³/mol. The average molecular weight is 327 g/mol. The molecule has 2 aromatic rings. The number of nitrogens with zero attached hydrogens (tertiary/aromatic N) is 2. The minimum absolute atomic E-state index is 0.0574. The van der Waals surface area contributed by atoms with Gasteiger partial charge in [-0.05, 0) is 44.4 Å².